The number of carbonyl (C=O) groups is 1. The largest absolute Gasteiger partial charge is 0.494 e. The molecule has 1 amide bonds. The standard InChI is InChI=1S/C17H11Cl2F3N2O3/c1-26-15-12(18)5-9(6-13(15)19)16(25)24-11-2-3-14(10(4-11)7-23)27-8-17(20,21)22/h2-6H,8H2,1H3,(H,24,25). The summed E-state index contributed by atoms with van der Waals surface area (Å²) in [6.07, 6.45) is -4.54. The summed E-state index contributed by atoms with van der Waals surface area (Å²) in [4.78, 5) is 12.3. The fourth-order valence-corrected chi connectivity index (χ4v) is 2.71. The number of ether oxygens (including phenoxy) is 2. The molecule has 0 aliphatic rings. The summed E-state index contributed by atoms with van der Waals surface area (Å²) in [5, 5.41) is 11.8. The van der Waals surface area contributed by atoms with E-state index in [2.05, 4.69) is 10.1 Å². The smallest absolute Gasteiger partial charge is 0.422 e. The van der Waals surface area contributed by atoms with Crippen molar-refractivity contribution in [1.82, 2.24) is 0 Å². The van der Waals surface area contributed by atoms with Gasteiger partial charge in [0, 0.05) is 11.3 Å². The molecule has 10 heteroatoms. The number of nitrogens with zero attached hydrogens (tertiary/aromatic N) is 1. The molecule has 0 radical (unpaired) electrons. The molecule has 0 unspecified atom stereocenters. The number of alkyl halides is 3. The number of amides is 1. The molecular formula is C17H11Cl2F3N2O3. The van der Waals surface area contributed by atoms with Crippen LogP contribution in [0.2, 0.25) is 10.0 Å². The molecule has 0 saturated heterocycles. The van der Waals surface area contributed by atoms with Gasteiger partial charge in [-0.05, 0) is 30.3 Å². The molecule has 0 atom stereocenters. The van der Waals surface area contributed by atoms with Gasteiger partial charge in [-0.1, -0.05) is 23.2 Å². The van der Waals surface area contributed by atoms with Crippen LogP contribution in [0, 0.1) is 11.3 Å². The minimum Gasteiger partial charge on any atom is -0.494 e. The van der Waals surface area contributed by atoms with Crippen LogP contribution in [0.3, 0.4) is 0 Å². The summed E-state index contributed by atoms with van der Waals surface area (Å²) < 4.78 is 46.3. The monoisotopic (exact) mass is 418 g/mol. The molecule has 0 spiro atoms. The summed E-state index contributed by atoms with van der Waals surface area (Å²) in [7, 11) is 1.37. The highest BCUT2D eigenvalue weighted by molar-refractivity contribution is 6.37. The van der Waals surface area contributed by atoms with Gasteiger partial charge >= 0.3 is 6.18 Å². The Hall–Kier alpha value is -2.63. The maximum atomic E-state index is 12.3. The summed E-state index contributed by atoms with van der Waals surface area (Å²) in [5.74, 6) is -0.620. The molecule has 27 heavy (non-hydrogen) atoms. The Morgan fingerprint density at radius 1 is 1.22 bits per heavy atom. The zero-order valence-corrected chi connectivity index (χ0v) is 15.2. The van der Waals surface area contributed by atoms with Gasteiger partial charge < -0.3 is 14.8 Å². The molecule has 0 fully saturated rings. The number of nitrogens with one attached hydrogen (secondary N) is 1. The average Bonchev–Trinajstić information content (AvgIpc) is 2.59. The van der Waals surface area contributed by atoms with Crippen LogP contribution in [0.25, 0.3) is 0 Å². The average molecular weight is 419 g/mol. The molecule has 2 rings (SSSR count). The number of rotatable bonds is 5. The first-order valence-corrected chi connectivity index (χ1v) is 7.98. The molecule has 1 N–H and O–H groups in total. The van der Waals surface area contributed by atoms with Crippen LogP contribution in [-0.2, 0) is 0 Å². The summed E-state index contributed by atoms with van der Waals surface area (Å²) in [6.45, 7) is -1.53. The molecule has 5 nitrogen and oxygen atoms in total. The van der Waals surface area contributed by atoms with E-state index < -0.39 is 18.7 Å². The van der Waals surface area contributed by atoms with Crippen molar-refractivity contribution in [2.75, 3.05) is 19.0 Å². The first-order valence-electron chi connectivity index (χ1n) is 7.22. The summed E-state index contributed by atoms with van der Waals surface area (Å²) in [6, 6.07) is 8.05. The minimum absolute atomic E-state index is 0.127. The quantitative estimate of drug-likeness (QED) is 0.735. The number of hydrogen-bond donors (Lipinski definition) is 1. The van der Waals surface area contributed by atoms with E-state index in [0.29, 0.717) is 0 Å². The third-order valence-electron chi connectivity index (χ3n) is 3.21. The van der Waals surface area contributed by atoms with Crippen LogP contribution in [0.15, 0.2) is 30.3 Å². The van der Waals surface area contributed by atoms with Crippen LogP contribution < -0.4 is 14.8 Å². The van der Waals surface area contributed by atoms with Gasteiger partial charge in [-0.15, -0.1) is 0 Å². The maximum absolute atomic E-state index is 12.3. The van der Waals surface area contributed by atoms with E-state index in [0.717, 1.165) is 6.07 Å². The lowest BCUT2D eigenvalue weighted by atomic mass is 10.1. The highest BCUT2D eigenvalue weighted by Crippen LogP contribution is 2.34. The number of hydrogen-bond acceptors (Lipinski definition) is 4. The van der Waals surface area contributed by atoms with Crippen molar-refractivity contribution in [2.45, 2.75) is 6.18 Å². The van der Waals surface area contributed by atoms with E-state index in [-0.39, 0.29) is 38.4 Å². The summed E-state index contributed by atoms with van der Waals surface area (Å²) >= 11 is 12.0. The van der Waals surface area contributed by atoms with Crippen molar-refractivity contribution in [1.29, 1.82) is 5.26 Å². The third-order valence-corrected chi connectivity index (χ3v) is 3.78. The van der Waals surface area contributed by atoms with Crippen LogP contribution in [0.4, 0.5) is 18.9 Å². The normalized spacial score (nSPS) is 10.9. The predicted octanol–water partition coefficient (Wildman–Crippen LogP) is 5.07. The molecule has 2 aromatic carbocycles. The molecule has 0 aliphatic heterocycles. The highest BCUT2D eigenvalue weighted by atomic mass is 35.5. The summed E-state index contributed by atoms with van der Waals surface area (Å²) in [5.41, 5.74) is 0.142. The lowest BCUT2D eigenvalue weighted by molar-refractivity contribution is -0.153. The van der Waals surface area contributed by atoms with E-state index in [4.69, 9.17) is 33.2 Å². The van der Waals surface area contributed by atoms with Crippen LogP contribution >= 0.6 is 23.2 Å². The van der Waals surface area contributed by atoms with Crippen LogP contribution in [-0.4, -0.2) is 25.8 Å². The van der Waals surface area contributed by atoms with Crippen molar-refractivity contribution in [2.24, 2.45) is 0 Å². The van der Waals surface area contributed by atoms with Gasteiger partial charge in [0.05, 0.1) is 22.7 Å². The topological polar surface area (TPSA) is 71.3 Å². The van der Waals surface area contributed by atoms with E-state index >= 15 is 0 Å². The number of methoxy groups -OCH3 is 1. The Balaban J connectivity index is 2.20. The number of nitriles is 1. The third kappa shape index (κ3) is 5.42. The Morgan fingerprint density at radius 2 is 1.85 bits per heavy atom. The Morgan fingerprint density at radius 3 is 2.37 bits per heavy atom. The zero-order chi connectivity index (χ0) is 20.2. The first-order chi connectivity index (χ1) is 12.6. The molecule has 0 saturated carbocycles. The SMILES string of the molecule is COc1c(Cl)cc(C(=O)Nc2ccc(OCC(F)(F)F)c(C#N)c2)cc1Cl. The number of benzene rings is 2. The van der Waals surface area contributed by atoms with E-state index in [9.17, 15) is 18.0 Å². The molecular weight excluding hydrogens is 408 g/mol. The van der Waals surface area contributed by atoms with Gasteiger partial charge in [-0.25, -0.2) is 0 Å². The Bertz CT molecular complexity index is 888. The van der Waals surface area contributed by atoms with E-state index in [1.807, 2.05) is 0 Å². The minimum atomic E-state index is -4.54. The van der Waals surface area contributed by atoms with Crippen molar-refractivity contribution in [3.05, 3.63) is 51.5 Å². The van der Waals surface area contributed by atoms with Crippen LogP contribution in [0.1, 0.15) is 15.9 Å². The molecule has 0 bridgehead atoms. The second-order valence-electron chi connectivity index (χ2n) is 5.15. The van der Waals surface area contributed by atoms with Crippen LogP contribution in [0.5, 0.6) is 11.5 Å². The van der Waals surface area contributed by atoms with E-state index in [1.165, 1.54) is 31.4 Å². The van der Waals surface area contributed by atoms with Gasteiger partial charge in [0.2, 0.25) is 0 Å². The fourth-order valence-electron chi connectivity index (χ4n) is 2.07. The Labute approximate surface area is 162 Å². The predicted molar refractivity (Wildman–Crippen MR) is 93.7 cm³/mol. The molecule has 2 aromatic rings. The zero-order valence-electron chi connectivity index (χ0n) is 13.7. The molecule has 0 aliphatic carbocycles. The molecule has 142 valence electrons. The second kappa shape index (κ2) is 8.37. The van der Waals surface area contributed by atoms with Crippen molar-refractivity contribution in [3.63, 3.8) is 0 Å². The van der Waals surface area contributed by atoms with Crippen molar-refractivity contribution in [3.8, 4) is 17.6 Å². The number of carbonyl (C=O) groups excluding carboxylic acids is 1. The molecule has 0 aromatic heterocycles. The Kier molecular flexibility index (Phi) is 6.41. The van der Waals surface area contributed by atoms with Gasteiger partial charge in [-0.3, -0.25) is 4.79 Å². The second-order valence-corrected chi connectivity index (χ2v) is 5.97. The number of anilines is 1. The van der Waals surface area contributed by atoms with E-state index in [1.54, 1.807) is 6.07 Å². The van der Waals surface area contributed by atoms with Crippen molar-refractivity contribution < 1.29 is 27.4 Å². The van der Waals surface area contributed by atoms with Gasteiger partial charge in [0.15, 0.2) is 12.4 Å². The molecule has 0 heterocycles. The first kappa shape index (κ1) is 20.7. The van der Waals surface area contributed by atoms with Gasteiger partial charge in [0.25, 0.3) is 5.91 Å². The van der Waals surface area contributed by atoms with Crippen molar-refractivity contribution >= 4 is 34.8 Å². The highest BCUT2D eigenvalue weighted by Gasteiger charge is 2.29. The fraction of sp³-hybridized carbons (Fsp3) is 0.176. The lowest BCUT2D eigenvalue weighted by Gasteiger charge is -2.12. The number of halogens is 5. The maximum Gasteiger partial charge on any atom is 0.422 e. The van der Waals surface area contributed by atoms with Gasteiger partial charge in [0.1, 0.15) is 11.8 Å². The van der Waals surface area contributed by atoms with Gasteiger partial charge in [-0.2, -0.15) is 18.4 Å². The lowest BCUT2D eigenvalue weighted by Crippen LogP contribution is -2.19.